The largest absolute Gasteiger partial charge is 0.391 e. The van der Waals surface area contributed by atoms with Crippen LogP contribution in [-0.2, 0) is 13.1 Å². The van der Waals surface area contributed by atoms with Crippen molar-refractivity contribution >= 4 is 0 Å². The second kappa shape index (κ2) is 6.39. The standard InChI is InChI=1S/C16H21F3N2O2/c17-16(18,19)11-4-6-12(7-5-11)21-8-10-2-1-3-13(14(10)9-21)15(22)20-23/h1-3,11-12,15,20,22-23H,4-9H2/t11-,12+,15?. The predicted molar refractivity (Wildman–Crippen MR) is 77.4 cm³/mol. The number of hydrogen-bond acceptors (Lipinski definition) is 4. The molecule has 1 heterocycles. The van der Waals surface area contributed by atoms with Crippen LogP contribution in [0.3, 0.4) is 0 Å². The second-order valence-corrected chi connectivity index (χ2v) is 6.47. The van der Waals surface area contributed by atoms with Crippen molar-refractivity contribution < 1.29 is 23.5 Å². The molecule has 1 aromatic rings. The summed E-state index contributed by atoms with van der Waals surface area (Å²) in [4.78, 5) is 2.19. The maximum atomic E-state index is 12.8. The van der Waals surface area contributed by atoms with E-state index in [9.17, 15) is 18.3 Å². The first kappa shape index (κ1) is 16.7. The summed E-state index contributed by atoms with van der Waals surface area (Å²) in [6.07, 6.45) is -3.75. The van der Waals surface area contributed by atoms with Crippen LogP contribution < -0.4 is 5.48 Å². The zero-order valence-electron chi connectivity index (χ0n) is 12.7. The van der Waals surface area contributed by atoms with Crippen LogP contribution in [0.15, 0.2) is 18.2 Å². The quantitative estimate of drug-likeness (QED) is 0.589. The molecule has 1 aliphatic heterocycles. The number of rotatable bonds is 3. The molecule has 1 aliphatic carbocycles. The van der Waals surface area contributed by atoms with Gasteiger partial charge in [-0.2, -0.15) is 18.7 Å². The molecular weight excluding hydrogens is 309 g/mol. The van der Waals surface area contributed by atoms with Gasteiger partial charge in [0.15, 0.2) is 6.23 Å². The molecule has 2 aliphatic rings. The molecule has 4 nitrogen and oxygen atoms in total. The lowest BCUT2D eigenvalue weighted by Gasteiger charge is -2.35. The molecule has 23 heavy (non-hydrogen) atoms. The number of nitrogens with zero attached hydrogens (tertiary/aromatic N) is 1. The van der Waals surface area contributed by atoms with Gasteiger partial charge in [0.25, 0.3) is 0 Å². The molecule has 3 rings (SSSR count). The van der Waals surface area contributed by atoms with Crippen molar-refractivity contribution in [2.45, 2.75) is 57.2 Å². The Morgan fingerprint density at radius 2 is 1.83 bits per heavy atom. The molecule has 1 unspecified atom stereocenters. The van der Waals surface area contributed by atoms with E-state index in [1.165, 1.54) is 0 Å². The highest BCUT2D eigenvalue weighted by Gasteiger charge is 2.42. The van der Waals surface area contributed by atoms with Crippen LogP contribution in [0.25, 0.3) is 0 Å². The Morgan fingerprint density at radius 1 is 1.13 bits per heavy atom. The van der Waals surface area contributed by atoms with Crippen LogP contribution >= 0.6 is 0 Å². The smallest absolute Gasteiger partial charge is 0.372 e. The van der Waals surface area contributed by atoms with Crippen molar-refractivity contribution in [1.82, 2.24) is 10.4 Å². The normalized spacial score (nSPS) is 27.0. The number of halogens is 3. The number of aliphatic hydroxyl groups excluding tert-OH is 1. The highest BCUT2D eigenvalue weighted by atomic mass is 19.4. The van der Waals surface area contributed by atoms with E-state index in [1.54, 1.807) is 6.07 Å². The van der Waals surface area contributed by atoms with Crippen molar-refractivity contribution in [3.05, 3.63) is 34.9 Å². The zero-order chi connectivity index (χ0) is 16.6. The molecule has 0 radical (unpaired) electrons. The molecule has 1 atom stereocenters. The van der Waals surface area contributed by atoms with Crippen molar-refractivity contribution in [3.63, 3.8) is 0 Å². The molecule has 0 spiro atoms. The maximum Gasteiger partial charge on any atom is 0.391 e. The van der Waals surface area contributed by atoms with Gasteiger partial charge in [-0.15, -0.1) is 0 Å². The first-order chi connectivity index (χ1) is 10.9. The first-order valence-electron chi connectivity index (χ1n) is 7.89. The van der Waals surface area contributed by atoms with Crippen LogP contribution in [0.4, 0.5) is 13.2 Å². The van der Waals surface area contributed by atoms with Gasteiger partial charge in [-0.25, -0.2) is 0 Å². The van der Waals surface area contributed by atoms with E-state index in [-0.39, 0.29) is 18.9 Å². The summed E-state index contributed by atoms with van der Waals surface area (Å²) in [6, 6.07) is 5.67. The number of hydrogen-bond donors (Lipinski definition) is 3. The van der Waals surface area contributed by atoms with E-state index in [0.29, 0.717) is 31.5 Å². The number of hydroxylamine groups is 1. The number of aliphatic hydroxyl groups is 1. The number of nitrogens with one attached hydrogen (secondary N) is 1. The molecule has 1 fully saturated rings. The molecule has 1 aromatic carbocycles. The van der Waals surface area contributed by atoms with Gasteiger partial charge in [0.05, 0.1) is 5.92 Å². The van der Waals surface area contributed by atoms with Gasteiger partial charge in [-0.3, -0.25) is 4.90 Å². The van der Waals surface area contributed by atoms with E-state index in [4.69, 9.17) is 5.21 Å². The van der Waals surface area contributed by atoms with E-state index < -0.39 is 18.3 Å². The van der Waals surface area contributed by atoms with Gasteiger partial charge < -0.3 is 10.3 Å². The first-order valence-corrected chi connectivity index (χ1v) is 7.89. The van der Waals surface area contributed by atoms with E-state index in [1.807, 2.05) is 17.6 Å². The van der Waals surface area contributed by atoms with Crippen LogP contribution in [0.1, 0.15) is 48.6 Å². The molecule has 128 valence electrons. The van der Waals surface area contributed by atoms with Crippen molar-refractivity contribution in [2.75, 3.05) is 0 Å². The third kappa shape index (κ3) is 3.38. The fourth-order valence-electron chi connectivity index (χ4n) is 3.83. The van der Waals surface area contributed by atoms with Gasteiger partial charge in [0, 0.05) is 24.7 Å². The van der Waals surface area contributed by atoms with Crippen molar-refractivity contribution in [2.24, 2.45) is 5.92 Å². The zero-order valence-corrected chi connectivity index (χ0v) is 12.7. The fraction of sp³-hybridized carbons (Fsp3) is 0.625. The number of fused-ring (bicyclic) bond motifs is 1. The molecule has 0 aromatic heterocycles. The molecule has 0 amide bonds. The highest BCUT2D eigenvalue weighted by molar-refractivity contribution is 5.39. The summed E-state index contributed by atoms with van der Waals surface area (Å²) in [5, 5.41) is 18.7. The van der Waals surface area contributed by atoms with Crippen LogP contribution in [-0.4, -0.2) is 27.4 Å². The highest BCUT2D eigenvalue weighted by Crippen LogP contribution is 2.40. The molecule has 7 heteroatoms. The van der Waals surface area contributed by atoms with Crippen molar-refractivity contribution in [3.8, 4) is 0 Å². The summed E-state index contributed by atoms with van der Waals surface area (Å²) < 4.78 is 38.3. The molecule has 1 saturated carbocycles. The van der Waals surface area contributed by atoms with Crippen molar-refractivity contribution in [1.29, 1.82) is 0 Å². The summed E-state index contributed by atoms with van der Waals surface area (Å²) in [7, 11) is 0. The Hall–Kier alpha value is -1.15. The van der Waals surface area contributed by atoms with E-state index in [0.717, 1.165) is 11.1 Å². The predicted octanol–water partition coefficient (Wildman–Crippen LogP) is 3.09. The van der Waals surface area contributed by atoms with E-state index >= 15 is 0 Å². The van der Waals surface area contributed by atoms with Gasteiger partial charge >= 0.3 is 6.18 Å². The summed E-state index contributed by atoms with van der Waals surface area (Å²) in [5.74, 6) is -1.17. The van der Waals surface area contributed by atoms with Crippen LogP contribution in [0.5, 0.6) is 0 Å². The van der Waals surface area contributed by atoms with Crippen LogP contribution in [0.2, 0.25) is 0 Å². The minimum absolute atomic E-state index is 0.146. The molecule has 0 saturated heterocycles. The topological polar surface area (TPSA) is 55.7 Å². The van der Waals surface area contributed by atoms with Gasteiger partial charge in [0.1, 0.15) is 0 Å². The third-order valence-corrected chi connectivity index (χ3v) is 5.14. The summed E-state index contributed by atoms with van der Waals surface area (Å²) in [5.41, 5.74) is 4.48. The Kier molecular flexibility index (Phi) is 4.64. The van der Waals surface area contributed by atoms with Gasteiger partial charge in [-0.1, -0.05) is 18.2 Å². The SMILES string of the molecule is ONC(O)c1cccc2c1CN([C@H]1CC[C@@H](C(F)(F)F)CC1)C2. The Balaban J connectivity index is 1.67. The van der Waals surface area contributed by atoms with Gasteiger partial charge in [-0.05, 0) is 36.8 Å². The Morgan fingerprint density at radius 3 is 2.43 bits per heavy atom. The lowest BCUT2D eigenvalue weighted by molar-refractivity contribution is -0.184. The molecule has 0 bridgehead atoms. The average molecular weight is 330 g/mol. The third-order valence-electron chi connectivity index (χ3n) is 5.14. The van der Waals surface area contributed by atoms with E-state index in [2.05, 4.69) is 4.90 Å². The molecular formula is C16H21F3N2O2. The monoisotopic (exact) mass is 330 g/mol. The molecule has 3 N–H and O–H groups in total. The average Bonchev–Trinajstić information content (AvgIpc) is 2.97. The summed E-state index contributed by atoms with van der Waals surface area (Å²) >= 11 is 0. The fourth-order valence-corrected chi connectivity index (χ4v) is 3.83. The van der Waals surface area contributed by atoms with Gasteiger partial charge in [0.2, 0.25) is 0 Å². The minimum atomic E-state index is -4.08. The maximum absolute atomic E-state index is 12.8. The lowest BCUT2D eigenvalue weighted by Crippen LogP contribution is -2.37. The summed E-state index contributed by atoms with van der Waals surface area (Å²) in [6.45, 7) is 1.29. The number of benzene rings is 1. The Labute approximate surface area is 132 Å². The number of alkyl halides is 3. The second-order valence-electron chi connectivity index (χ2n) is 6.47. The minimum Gasteiger partial charge on any atom is -0.372 e. The Bertz CT molecular complexity index is 557. The van der Waals surface area contributed by atoms with Crippen LogP contribution in [0, 0.1) is 5.92 Å². The lowest BCUT2D eigenvalue weighted by atomic mass is 9.85.